The summed E-state index contributed by atoms with van der Waals surface area (Å²) in [7, 11) is 4.47. The van der Waals surface area contributed by atoms with Gasteiger partial charge in [-0.15, -0.1) is 9.24 Å². The second-order valence-corrected chi connectivity index (χ2v) is 8.07. The molecule has 0 radical (unpaired) electrons. The molecule has 1 aromatic carbocycles. The summed E-state index contributed by atoms with van der Waals surface area (Å²) >= 11 is 0. The molecule has 1 heterocycles. The predicted octanol–water partition coefficient (Wildman–Crippen LogP) is 5.69. The van der Waals surface area contributed by atoms with Crippen molar-refractivity contribution < 1.29 is 9.47 Å². The molecule has 1 unspecified atom stereocenters. The predicted molar refractivity (Wildman–Crippen MR) is 115 cm³/mol. The van der Waals surface area contributed by atoms with E-state index >= 15 is 0 Å². The van der Waals surface area contributed by atoms with Crippen LogP contribution in [0, 0.1) is 13.8 Å². The van der Waals surface area contributed by atoms with Crippen LogP contribution in [0.15, 0.2) is 24.3 Å². The average molecular weight is 385 g/mol. The van der Waals surface area contributed by atoms with Crippen molar-refractivity contribution in [2.45, 2.75) is 64.5 Å². The molecule has 0 amide bonds. The Morgan fingerprint density at radius 2 is 1.78 bits per heavy atom. The van der Waals surface area contributed by atoms with Crippen molar-refractivity contribution in [1.82, 2.24) is 4.98 Å². The summed E-state index contributed by atoms with van der Waals surface area (Å²) in [5, 5.41) is 0. The third-order valence-electron chi connectivity index (χ3n) is 5.62. The van der Waals surface area contributed by atoms with Crippen molar-refractivity contribution in [3.8, 4) is 5.75 Å². The lowest BCUT2D eigenvalue weighted by atomic mass is 9.86. The van der Waals surface area contributed by atoms with Gasteiger partial charge in [0.2, 0.25) is 0 Å². The van der Waals surface area contributed by atoms with Crippen molar-refractivity contribution in [3.05, 3.63) is 57.9 Å². The van der Waals surface area contributed by atoms with E-state index in [1.807, 2.05) is 0 Å². The molecule has 1 fully saturated rings. The Balaban J connectivity index is 1.90. The van der Waals surface area contributed by atoms with E-state index in [0.717, 1.165) is 29.7 Å². The molecule has 0 aliphatic heterocycles. The molecule has 0 bridgehead atoms. The van der Waals surface area contributed by atoms with E-state index in [0.29, 0.717) is 5.92 Å². The monoisotopic (exact) mass is 385 g/mol. The molecule has 0 N–H and O–H groups in total. The van der Waals surface area contributed by atoms with Gasteiger partial charge in [-0.2, -0.15) is 0 Å². The molecule has 3 rings (SSSR count). The van der Waals surface area contributed by atoms with Gasteiger partial charge in [0.1, 0.15) is 5.75 Å². The molecular formula is C23H32NO2P. The minimum atomic E-state index is 0.273. The Hall–Kier alpha value is -1.44. The quantitative estimate of drug-likeness (QED) is 0.453. The van der Waals surface area contributed by atoms with Gasteiger partial charge in [0.15, 0.2) is 6.79 Å². The lowest BCUT2D eigenvalue weighted by molar-refractivity contribution is 0.0496. The molecule has 1 atom stereocenters. The van der Waals surface area contributed by atoms with Gasteiger partial charge in [0.25, 0.3) is 0 Å². The first kappa shape index (κ1) is 20.3. The Labute approximate surface area is 166 Å². The lowest BCUT2D eigenvalue weighted by Crippen LogP contribution is -2.12. The number of hydrogen-bond donors (Lipinski definition) is 0. The number of ether oxygens (including phenoxy) is 2. The first-order valence-electron chi connectivity index (χ1n) is 10.0. The third-order valence-corrected chi connectivity index (χ3v) is 6.09. The zero-order chi connectivity index (χ0) is 19.2. The lowest BCUT2D eigenvalue weighted by Gasteiger charge is -2.24. The van der Waals surface area contributed by atoms with E-state index in [2.05, 4.69) is 47.4 Å². The van der Waals surface area contributed by atoms with E-state index in [1.54, 1.807) is 7.11 Å². The Morgan fingerprint density at radius 3 is 2.41 bits per heavy atom. The molecule has 1 aliphatic carbocycles. The van der Waals surface area contributed by atoms with Crippen LogP contribution in [0.5, 0.6) is 5.75 Å². The fourth-order valence-corrected chi connectivity index (χ4v) is 4.41. The van der Waals surface area contributed by atoms with Gasteiger partial charge in [0, 0.05) is 25.1 Å². The maximum absolute atomic E-state index is 5.84. The Bertz CT molecular complexity index is 746. The molecule has 4 heteroatoms. The summed E-state index contributed by atoms with van der Waals surface area (Å²) in [6.07, 6.45) is 8.20. The smallest absolute Gasteiger partial charge is 0.188 e. The Kier molecular flexibility index (Phi) is 7.26. The van der Waals surface area contributed by atoms with Crippen molar-refractivity contribution in [3.63, 3.8) is 0 Å². The highest BCUT2D eigenvalue weighted by atomic mass is 31.0. The van der Waals surface area contributed by atoms with Crippen LogP contribution in [0.2, 0.25) is 0 Å². The molecule has 1 aromatic heterocycles. The molecule has 3 nitrogen and oxygen atoms in total. The van der Waals surface area contributed by atoms with E-state index in [9.17, 15) is 0 Å². The van der Waals surface area contributed by atoms with Crippen LogP contribution in [0.3, 0.4) is 0 Å². The highest BCUT2D eigenvalue weighted by molar-refractivity contribution is 7.15. The molecule has 1 aliphatic rings. The van der Waals surface area contributed by atoms with E-state index in [4.69, 9.17) is 14.5 Å². The minimum Gasteiger partial charge on any atom is -0.466 e. The SMILES string of the molecule is COCOc1ccc(Cc2c(C)cc(CP)cc2C)nc1C1CCCCC1. The van der Waals surface area contributed by atoms with Gasteiger partial charge < -0.3 is 9.47 Å². The third kappa shape index (κ3) is 5.09. The number of hydrogen-bond acceptors (Lipinski definition) is 3. The number of aromatic nitrogens is 1. The summed E-state index contributed by atoms with van der Waals surface area (Å²) in [6.45, 7) is 4.70. The Morgan fingerprint density at radius 1 is 1.07 bits per heavy atom. The van der Waals surface area contributed by atoms with E-state index in [-0.39, 0.29) is 6.79 Å². The minimum absolute atomic E-state index is 0.273. The number of pyridine rings is 1. The van der Waals surface area contributed by atoms with Gasteiger partial charge in [-0.05, 0) is 67.2 Å². The maximum atomic E-state index is 5.84. The number of rotatable bonds is 7. The molecule has 0 spiro atoms. The summed E-state index contributed by atoms with van der Waals surface area (Å²) < 4.78 is 11.0. The standard InChI is InChI=1S/C23H32NO2P/c1-16-11-18(14-27)12-17(2)21(16)13-20-9-10-22(26-15-25-3)23(24-20)19-7-5-4-6-8-19/h9-12,19H,4-8,13-15,27H2,1-3H3. The largest absolute Gasteiger partial charge is 0.466 e. The summed E-state index contributed by atoms with van der Waals surface area (Å²) in [4.78, 5) is 5.08. The number of aryl methyl sites for hydroxylation is 2. The van der Waals surface area contributed by atoms with Crippen LogP contribution in [-0.4, -0.2) is 18.9 Å². The number of methoxy groups -OCH3 is 1. The number of nitrogens with zero attached hydrogens (tertiary/aromatic N) is 1. The molecule has 0 saturated heterocycles. The van der Waals surface area contributed by atoms with Crippen molar-refractivity contribution in [2.75, 3.05) is 13.9 Å². The molecular weight excluding hydrogens is 353 g/mol. The van der Waals surface area contributed by atoms with Crippen molar-refractivity contribution in [1.29, 1.82) is 0 Å². The zero-order valence-corrected chi connectivity index (χ0v) is 18.0. The number of benzene rings is 1. The first-order valence-corrected chi connectivity index (χ1v) is 10.8. The second kappa shape index (κ2) is 9.66. The van der Waals surface area contributed by atoms with Crippen LogP contribution in [0.25, 0.3) is 0 Å². The average Bonchev–Trinajstić information content (AvgIpc) is 2.70. The fraction of sp³-hybridized carbons (Fsp3) is 0.522. The summed E-state index contributed by atoms with van der Waals surface area (Å²) in [6, 6.07) is 8.80. The van der Waals surface area contributed by atoms with Crippen LogP contribution in [0.1, 0.15) is 71.7 Å². The molecule has 27 heavy (non-hydrogen) atoms. The van der Waals surface area contributed by atoms with Gasteiger partial charge in [-0.25, -0.2) is 0 Å². The van der Waals surface area contributed by atoms with Gasteiger partial charge in [-0.3, -0.25) is 4.98 Å². The molecule has 146 valence electrons. The molecule has 2 aromatic rings. The fourth-order valence-electron chi connectivity index (χ4n) is 4.18. The summed E-state index contributed by atoms with van der Waals surface area (Å²) in [5.41, 5.74) is 7.73. The van der Waals surface area contributed by atoms with Gasteiger partial charge in [0.05, 0.1) is 5.69 Å². The highest BCUT2D eigenvalue weighted by Gasteiger charge is 2.22. The van der Waals surface area contributed by atoms with Crippen molar-refractivity contribution >= 4 is 9.24 Å². The van der Waals surface area contributed by atoms with Crippen LogP contribution >= 0.6 is 9.24 Å². The first-order chi connectivity index (χ1) is 13.1. The van der Waals surface area contributed by atoms with E-state index < -0.39 is 0 Å². The molecule has 1 saturated carbocycles. The topological polar surface area (TPSA) is 31.4 Å². The van der Waals surface area contributed by atoms with Crippen LogP contribution < -0.4 is 4.74 Å². The maximum Gasteiger partial charge on any atom is 0.188 e. The van der Waals surface area contributed by atoms with E-state index in [1.165, 1.54) is 54.4 Å². The zero-order valence-electron chi connectivity index (χ0n) is 16.9. The van der Waals surface area contributed by atoms with Crippen molar-refractivity contribution in [2.24, 2.45) is 0 Å². The van der Waals surface area contributed by atoms with Gasteiger partial charge in [-0.1, -0.05) is 31.4 Å². The van der Waals surface area contributed by atoms with Gasteiger partial charge >= 0.3 is 0 Å². The normalized spacial score (nSPS) is 15.1. The van der Waals surface area contributed by atoms with Crippen LogP contribution in [-0.2, 0) is 17.3 Å². The highest BCUT2D eigenvalue weighted by Crippen LogP contribution is 2.36. The summed E-state index contributed by atoms with van der Waals surface area (Å²) in [5.74, 6) is 1.39. The van der Waals surface area contributed by atoms with Crippen LogP contribution in [0.4, 0.5) is 0 Å². The second-order valence-electron chi connectivity index (χ2n) is 7.66.